The summed E-state index contributed by atoms with van der Waals surface area (Å²) in [6, 6.07) is 26.4. The van der Waals surface area contributed by atoms with Crippen LogP contribution in [0.4, 0.5) is 10.5 Å². The number of likely N-dealkylation sites (tertiary alicyclic amines) is 1. The number of nitrogens with zero attached hydrogens (tertiary/aromatic N) is 1. The van der Waals surface area contributed by atoms with E-state index in [-0.39, 0.29) is 36.9 Å². The Morgan fingerprint density at radius 3 is 2.03 bits per heavy atom. The third-order valence-electron chi connectivity index (χ3n) is 6.20. The van der Waals surface area contributed by atoms with E-state index in [0.717, 1.165) is 29.5 Å². The van der Waals surface area contributed by atoms with Gasteiger partial charge >= 0.3 is 12.0 Å². The molecule has 1 aliphatic heterocycles. The lowest BCUT2D eigenvalue weighted by molar-refractivity contribution is -0.139. The number of ether oxygens (including phenoxy) is 1. The van der Waals surface area contributed by atoms with Gasteiger partial charge in [0.1, 0.15) is 0 Å². The van der Waals surface area contributed by atoms with Crippen molar-refractivity contribution in [1.82, 2.24) is 10.2 Å². The van der Waals surface area contributed by atoms with Gasteiger partial charge in [0.15, 0.2) is 0 Å². The number of carbonyl (C=O) groups is 3. The van der Waals surface area contributed by atoms with Gasteiger partial charge in [-0.25, -0.2) is 4.79 Å². The summed E-state index contributed by atoms with van der Waals surface area (Å²) in [5.41, 5.74) is 3.43. The number of nitrogens with one attached hydrogen (secondary N) is 2. The molecular formula is C28H29N3O4. The molecule has 180 valence electrons. The van der Waals surface area contributed by atoms with E-state index >= 15 is 0 Å². The van der Waals surface area contributed by atoms with E-state index in [9.17, 15) is 14.4 Å². The Morgan fingerprint density at radius 2 is 1.46 bits per heavy atom. The van der Waals surface area contributed by atoms with Crippen molar-refractivity contribution in [3.63, 3.8) is 0 Å². The molecule has 0 saturated carbocycles. The van der Waals surface area contributed by atoms with Crippen LogP contribution >= 0.6 is 0 Å². The molecule has 0 aromatic heterocycles. The third-order valence-corrected chi connectivity index (χ3v) is 6.20. The highest BCUT2D eigenvalue weighted by atomic mass is 16.5. The Labute approximate surface area is 205 Å². The topological polar surface area (TPSA) is 87.7 Å². The first-order valence-corrected chi connectivity index (χ1v) is 11.7. The van der Waals surface area contributed by atoms with Crippen molar-refractivity contribution < 1.29 is 19.1 Å². The van der Waals surface area contributed by atoms with Gasteiger partial charge in [-0.1, -0.05) is 72.8 Å². The Morgan fingerprint density at radius 1 is 0.857 bits per heavy atom. The average Bonchev–Trinajstić information content (AvgIpc) is 3.34. The number of rotatable bonds is 7. The molecule has 1 fully saturated rings. The van der Waals surface area contributed by atoms with Crippen LogP contribution in [0.1, 0.15) is 41.6 Å². The lowest BCUT2D eigenvalue weighted by Gasteiger charge is -2.31. The lowest BCUT2D eigenvalue weighted by atomic mass is 10.0. The molecule has 3 aromatic rings. The van der Waals surface area contributed by atoms with Crippen molar-refractivity contribution in [2.75, 3.05) is 19.0 Å². The van der Waals surface area contributed by atoms with Crippen molar-refractivity contribution in [3.8, 4) is 0 Å². The molecule has 7 heteroatoms. The second kappa shape index (κ2) is 11.3. The van der Waals surface area contributed by atoms with Crippen molar-refractivity contribution >= 4 is 23.6 Å². The van der Waals surface area contributed by atoms with Crippen LogP contribution in [0.2, 0.25) is 0 Å². The summed E-state index contributed by atoms with van der Waals surface area (Å²) in [5.74, 6) is -0.497. The van der Waals surface area contributed by atoms with E-state index in [0.29, 0.717) is 5.69 Å². The molecule has 1 aliphatic rings. The summed E-state index contributed by atoms with van der Waals surface area (Å²) < 4.78 is 4.69. The first-order valence-electron chi connectivity index (χ1n) is 11.7. The Kier molecular flexibility index (Phi) is 7.77. The van der Waals surface area contributed by atoms with Crippen LogP contribution in [0.5, 0.6) is 0 Å². The number of hydrogen-bond donors (Lipinski definition) is 2. The fourth-order valence-corrected chi connectivity index (χ4v) is 4.58. The van der Waals surface area contributed by atoms with Gasteiger partial charge in [-0.3, -0.25) is 9.59 Å². The van der Waals surface area contributed by atoms with E-state index in [1.54, 1.807) is 24.3 Å². The number of carbonyl (C=O) groups excluding carboxylic acids is 3. The maximum Gasteiger partial charge on any atom is 0.319 e. The first-order chi connectivity index (χ1) is 17.0. The Balaban J connectivity index is 1.43. The second-order valence-electron chi connectivity index (χ2n) is 8.49. The molecule has 4 rings (SSSR count). The van der Waals surface area contributed by atoms with E-state index in [4.69, 9.17) is 0 Å². The van der Waals surface area contributed by atoms with Crippen molar-refractivity contribution in [2.24, 2.45) is 0 Å². The molecule has 3 aromatic carbocycles. The smallest absolute Gasteiger partial charge is 0.319 e. The predicted octanol–water partition coefficient (Wildman–Crippen LogP) is 4.63. The quantitative estimate of drug-likeness (QED) is 0.492. The molecule has 2 unspecified atom stereocenters. The zero-order valence-corrected chi connectivity index (χ0v) is 19.6. The monoisotopic (exact) mass is 471 g/mol. The van der Waals surface area contributed by atoms with Crippen LogP contribution < -0.4 is 10.6 Å². The number of hydrogen-bond acceptors (Lipinski definition) is 4. The summed E-state index contributed by atoms with van der Waals surface area (Å²) >= 11 is 0. The summed E-state index contributed by atoms with van der Waals surface area (Å²) in [5, 5.41) is 5.42. The normalized spacial score (nSPS) is 17.0. The predicted molar refractivity (Wildman–Crippen MR) is 134 cm³/mol. The summed E-state index contributed by atoms with van der Waals surface area (Å²) in [4.78, 5) is 39.4. The van der Waals surface area contributed by atoms with Gasteiger partial charge < -0.3 is 20.3 Å². The molecule has 3 amide bonds. The van der Waals surface area contributed by atoms with Gasteiger partial charge in [0, 0.05) is 5.69 Å². The highest BCUT2D eigenvalue weighted by molar-refractivity contribution is 5.92. The number of amides is 3. The van der Waals surface area contributed by atoms with Crippen LogP contribution in [0, 0.1) is 0 Å². The summed E-state index contributed by atoms with van der Waals surface area (Å²) in [6.07, 6.45) is 1.83. The first kappa shape index (κ1) is 24.0. The largest absolute Gasteiger partial charge is 0.469 e. The van der Waals surface area contributed by atoms with E-state index in [1.807, 2.05) is 65.6 Å². The van der Waals surface area contributed by atoms with Crippen molar-refractivity contribution in [1.29, 1.82) is 0 Å². The molecule has 1 heterocycles. The zero-order chi connectivity index (χ0) is 24.6. The minimum absolute atomic E-state index is 0.0474. The maximum absolute atomic E-state index is 13.4. The lowest BCUT2D eigenvalue weighted by Crippen LogP contribution is -2.42. The van der Waals surface area contributed by atoms with Gasteiger partial charge in [-0.2, -0.15) is 0 Å². The molecule has 2 atom stereocenters. The van der Waals surface area contributed by atoms with Crippen LogP contribution in [0.3, 0.4) is 0 Å². The standard InChI is InChI=1S/C28H29N3O4/c1-35-27(33)18-20-9-8-14-23(17-20)30-28(34)29-19-26(32)31-24(21-10-4-2-5-11-21)15-16-25(31)22-12-6-3-7-13-22/h2-14,17,24-25H,15-16,18-19H2,1H3,(H2,29,30,34). The Hall–Kier alpha value is -4.13. The molecule has 2 N–H and O–H groups in total. The minimum Gasteiger partial charge on any atom is -0.469 e. The number of urea groups is 1. The van der Waals surface area contributed by atoms with Crippen molar-refractivity contribution in [2.45, 2.75) is 31.3 Å². The van der Waals surface area contributed by atoms with Crippen molar-refractivity contribution in [3.05, 3.63) is 102 Å². The van der Waals surface area contributed by atoms with Gasteiger partial charge in [-0.15, -0.1) is 0 Å². The zero-order valence-electron chi connectivity index (χ0n) is 19.6. The fourth-order valence-electron chi connectivity index (χ4n) is 4.58. The van der Waals surface area contributed by atoms with E-state index in [2.05, 4.69) is 15.4 Å². The summed E-state index contributed by atoms with van der Waals surface area (Å²) in [6.45, 7) is -0.125. The van der Waals surface area contributed by atoms with Crippen LogP contribution in [-0.2, 0) is 20.7 Å². The molecule has 0 bridgehead atoms. The highest BCUT2D eigenvalue weighted by Crippen LogP contribution is 2.43. The second-order valence-corrected chi connectivity index (χ2v) is 8.49. The molecule has 1 saturated heterocycles. The number of esters is 1. The van der Waals surface area contributed by atoms with Gasteiger partial charge in [0.05, 0.1) is 32.2 Å². The number of anilines is 1. The number of benzene rings is 3. The minimum atomic E-state index is -0.486. The molecule has 7 nitrogen and oxygen atoms in total. The highest BCUT2D eigenvalue weighted by Gasteiger charge is 2.38. The summed E-state index contributed by atoms with van der Waals surface area (Å²) in [7, 11) is 1.33. The van der Waals surface area contributed by atoms with Crippen LogP contribution in [0.25, 0.3) is 0 Å². The van der Waals surface area contributed by atoms with Gasteiger partial charge in [-0.05, 0) is 41.7 Å². The van der Waals surface area contributed by atoms with Crippen LogP contribution in [-0.4, -0.2) is 36.5 Å². The van der Waals surface area contributed by atoms with Gasteiger partial charge in [0.2, 0.25) is 5.91 Å². The average molecular weight is 472 g/mol. The molecule has 0 aliphatic carbocycles. The molecule has 0 spiro atoms. The third kappa shape index (κ3) is 6.06. The molecule has 0 radical (unpaired) electrons. The SMILES string of the molecule is COC(=O)Cc1cccc(NC(=O)NCC(=O)N2C(c3ccccc3)CCC2c2ccccc2)c1. The number of methoxy groups -OCH3 is 1. The van der Waals surface area contributed by atoms with E-state index in [1.165, 1.54) is 7.11 Å². The molecular weight excluding hydrogens is 442 g/mol. The van der Waals surface area contributed by atoms with E-state index < -0.39 is 6.03 Å². The van der Waals surface area contributed by atoms with Crippen LogP contribution in [0.15, 0.2) is 84.9 Å². The fraction of sp³-hybridized carbons (Fsp3) is 0.250. The maximum atomic E-state index is 13.4. The Bertz CT molecular complexity index is 1120. The molecule has 35 heavy (non-hydrogen) atoms. The van der Waals surface area contributed by atoms with Gasteiger partial charge in [0.25, 0.3) is 0 Å².